The van der Waals surface area contributed by atoms with Gasteiger partial charge >= 0.3 is 0 Å². The molecule has 31 heavy (non-hydrogen) atoms. The summed E-state index contributed by atoms with van der Waals surface area (Å²) < 4.78 is 1.94. The van der Waals surface area contributed by atoms with E-state index in [2.05, 4.69) is 43.3 Å². The fraction of sp³-hybridized carbons (Fsp3) is 0.552. The Hall–Kier alpha value is -2.09. The van der Waals surface area contributed by atoms with Crippen LogP contribution in [0.2, 0.25) is 0 Å². The highest BCUT2D eigenvalue weighted by molar-refractivity contribution is 6.13. The summed E-state index contributed by atoms with van der Waals surface area (Å²) in [6.07, 6.45) is 19.4. The topological polar surface area (TPSA) is 22.0 Å². The van der Waals surface area contributed by atoms with Crippen LogP contribution >= 0.6 is 0 Å². The van der Waals surface area contributed by atoms with Crippen molar-refractivity contribution < 1.29 is 4.79 Å². The average Bonchev–Trinajstić information content (AvgIpc) is 3.14. The highest BCUT2D eigenvalue weighted by Gasteiger charge is 2.14. The lowest BCUT2D eigenvalue weighted by molar-refractivity contribution is 0.0909. The van der Waals surface area contributed by atoms with E-state index in [1.165, 1.54) is 94.2 Å². The van der Waals surface area contributed by atoms with Gasteiger partial charge in [0.15, 0.2) is 0 Å². The van der Waals surface area contributed by atoms with Crippen LogP contribution in [0.4, 0.5) is 0 Å². The number of fused-ring (bicyclic) bond motifs is 3. The van der Waals surface area contributed by atoms with Gasteiger partial charge in [0.1, 0.15) is 0 Å². The zero-order chi connectivity index (χ0) is 21.7. The maximum atomic E-state index is 13.0. The largest absolute Gasteiger partial charge is 0.280 e. The molecule has 0 aliphatic heterocycles. The van der Waals surface area contributed by atoms with E-state index in [0.717, 1.165) is 17.5 Å². The molecule has 0 unspecified atom stereocenters. The predicted octanol–water partition coefficient (Wildman–Crippen LogP) is 9.31. The SMILES string of the molecule is CCCCCCCCCCCCCCCCC(=O)n1c2ccccc2c2ccccc21. The van der Waals surface area contributed by atoms with Crippen LogP contribution in [0.1, 0.15) is 108 Å². The van der Waals surface area contributed by atoms with Gasteiger partial charge in [0.05, 0.1) is 11.0 Å². The summed E-state index contributed by atoms with van der Waals surface area (Å²) in [5.74, 6) is 0.233. The molecular formula is C29H41NO. The number of carbonyl (C=O) groups excluding carboxylic acids is 1. The minimum atomic E-state index is 0.233. The second-order valence-electron chi connectivity index (χ2n) is 9.11. The molecule has 1 aromatic heterocycles. The Morgan fingerprint density at radius 2 is 0.968 bits per heavy atom. The Balaban J connectivity index is 1.30. The molecule has 168 valence electrons. The third-order valence-corrected chi connectivity index (χ3v) is 6.57. The molecular weight excluding hydrogens is 378 g/mol. The van der Waals surface area contributed by atoms with Crippen LogP contribution in [-0.2, 0) is 0 Å². The van der Waals surface area contributed by atoms with Gasteiger partial charge in [0.25, 0.3) is 0 Å². The monoisotopic (exact) mass is 419 g/mol. The van der Waals surface area contributed by atoms with Crippen molar-refractivity contribution in [3.05, 3.63) is 48.5 Å². The first kappa shape index (κ1) is 23.6. The van der Waals surface area contributed by atoms with Gasteiger partial charge in [-0.05, 0) is 18.6 Å². The number of aromatic nitrogens is 1. The van der Waals surface area contributed by atoms with E-state index in [4.69, 9.17) is 0 Å². The van der Waals surface area contributed by atoms with E-state index < -0.39 is 0 Å². The molecule has 0 radical (unpaired) electrons. The Kier molecular flexibility index (Phi) is 10.2. The third kappa shape index (κ3) is 6.95. The maximum absolute atomic E-state index is 13.0. The van der Waals surface area contributed by atoms with Gasteiger partial charge in [0, 0.05) is 17.2 Å². The van der Waals surface area contributed by atoms with Gasteiger partial charge in [-0.15, -0.1) is 0 Å². The summed E-state index contributed by atoms with van der Waals surface area (Å²) in [4.78, 5) is 13.0. The van der Waals surface area contributed by atoms with E-state index in [1.807, 2.05) is 16.7 Å². The lowest BCUT2D eigenvalue weighted by Gasteiger charge is -2.06. The lowest BCUT2D eigenvalue weighted by Crippen LogP contribution is -2.09. The Morgan fingerprint density at radius 3 is 1.42 bits per heavy atom. The van der Waals surface area contributed by atoms with E-state index >= 15 is 0 Å². The van der Waals surface area contributed by atoms with Crippen molar-refractivity contribution in [2.24, 2.45) is 0 Å². The minimum absolute atomic E-state index is 0.233. The standard InChI is InChI=1S/C29H41NO/c1-2-3-4-5-6-7-8-9-10-11-12-13-14-15-24-29(31)30-27-22-18-16-20-25(27)26-21-17-19-23-28(26)30/h16-23H,2-15,24H2,1H3. The molecule has 0 saturated heterocycles. The number of rotatable bonds is 15. The molecule has 0 spiro atoms. The molecule has 0 saturated carbocycles. The number of para-hydroxylation sites is 2. The molecule has 2 nitrogen and oxygen atoms in total. The van der Waals surface area contributed by atoms with Crippen LogP contribution in [0.5, 0.6) is 0 Å². The van der Waals surface area contributed by atoms with Crippen LogP contribution in [0, 0.1) is 0 Å². The number of unbranched alkanes of at least 4 members (excludes halogenated alkanes) is 13. The van der Waals surface area contributed by atoms with Crippen molar-refractivity contribution >= 4 is 27.7 Å². The quantitative estimate of drug-likeness (QED) is 0.225. The van der Waals surface area contributed by atoms with Gasteiger partial charge in [-0.1, -0.05) is 127 Å². The van der Waals surface area contributed by atoms with Crippen LogP contribution < -0.4 is 0 Å². The van der Waals surface area contributed by atoms with Crippen LogP contribution in [0.3, 0.4) is 0 Å². The summed E-state index contributed by atoms with van der Waals surface area (Å²) in [6, 6.07) is 16.5. The van der Waals surface area contributed by atoms with Gasteiger partial charge in [0.2, 0.25) is 5.91 Å². The van der Waals surface area contributed by atoms with E-state index in [0.29, 0.717) is 6.42 Å². The summed E-state index contributed by atoms with van der Waals surface area (Å²) >= 11 is 0. The van der Waals surface area contributed by atoms with Gasteiger partial charge in [-0.3, -0.25) is 9.36 Å². The van der Waals surface area contributed by atoms with E-state index in [1.54, 1.807) is 0 Å². The van der Waals surface area contributed by atoms with Gasteiger partial charge < -0.3 is 0 Å². The molecule has 2 aromatic carbocycles. The van der Waals surface area contributed by atoms with E-state index in [-0.39, 0.29) is 5.91 Å². The zero-order valence-electron chi connectivity index (χ0n) is 19.6. The Bertz CT molecular complexity index is 870. The fourth-order valence-electron chi connectivity index (χ4n) is 4.77. The zero-order valence-corrected chi connectivity index (χ0v) is 19.6. The lowest BCUT2D eigenvalue weighted by atomic mass is 10.0. The summed E-state index contributed by atoms with van der Waals surface area (Å²) in [5.41, 5.74) is 2.08. The number of carbonyl (C=O) groups is 1. The maximum Gasteiger partial charge on any atom is 0.231 e. The molecule has 0 amide bonds. The first-order chi connectivity index (χ1) is 15.3. The molecule has 0 aliphatic rings. The average molecular weight is 420 g/mol. The summed E-state index contributed by atoms with van der Waals surface area (Å²) in [5, 5.41) is 2.35. The highest BCUT2D eigenvalue weighted by atomic mass is 16.2. The third-order valence-electron chi connectivity index (χ3n) is 6.57. The molecule has 1 heterocycles. The number of hydrogen-bond donors (Lipinski definition) is 0. The Morgan fingerprint density at radius 1 is 0.581 bits per heavy atom. The minimum Gasteiger partial charge on any atom is -0.280 e. The number of hydrogen-bond acceptors (Lipinski definition) is 1. The highest BCUT2D eigenvalue weighted by Crippen LogP contribution is 2.29. The van der Waals surface area contributed by atoms with Crippen molar-refractivity contribution in [2.45, 2.75) is 103 Å². The van der Waals surface area contributed by atoms with Crippen molar-refractivity contribution in [3.8, 4) is 0 Å². The van der Waals surface area contributed by atoms with Crippen LogP contribution in [-0.4, -0.2) is 10.5 Å². The molecule has 0 N–H and O–H groups in total. The van der Waals surface area contributed by atoms with Gasteiger partial charge in [-0.25, -0.2) is 0 Å². The number of benzene rings is 2. The predicted molar refractivity (Wildman–Crippen MR) is 135 cm³/mol. The van der Waals surface area contributed by atoms with Crippen molar-refractivity contribution in [3.63, 3.8) is 0 Å². The van der Waals surface area contributed by atoms with Crippen molar-refractivity contribution in [1.82, 2.24) is 4.57 Å². The molecule has 0 fully saturated rings. The molecule has 2 heteroatoms. The molecule has 0 bridgehead atoms. The normalized spacial score (nSPS) is 11.5. The van der Waals surface area contributed by atoms with Crippen molar-refractivity contribution in [2.75, 3.05) is 0 Å². The second kappa shape index (κ2) is 13.3. The first-order valence-corrected chi connectivity index (χ1v) is 12.8. The smallest absolute Gasteiger partial charge is 0.231 e. The molecule has 0 aliphatic carbocycles. The summed E-state index contributed by atoms with van der Waals surface area (Å²) in [6.45, 7) is 2.28. The molecule has 0 atom stereocenters. The molecule has 3 aromatic rings. The van der Waals surface area contributed by atoms with Crippen molar-refractivity contribution in [1.29, 1.82) is 0 Å². The molecule has 3 rings (SSSR count). The fourth-order valence-corrected chi connectivity index (χ4v) is 4.77. The van der Waals surface area contributed by atoms with Crippen LogP contribution in [0.25, 0.3) is 21.8 Å². The number of nitrogens with zero attached hydrogens (tertiary/aromatic N) is 1. The van der Waals surface area contributed by atoms with Crippen LogP contribution in [0.15, 0.2) is 48.5 Å². The van der Waals surface area contributed by atoms with E-state index in [9.17, 15) is 4.79 Å². The van der Waals surface area contributed by atoms with Gasteiger partial charge in [-0.2, -0.15) is 0 Å². The summed E-state index contributed by atoms with van der Waals surface area (Å²) in [7, 11) is 0. The Labute approximate surface area is 189 Å². The second-order valence-corrected chi connectivity index (χ2v) is 9.11. The first-order valence-electron chi connectivity index (χ1n) is 12.8.